The van der Waals surface area contributed by atoms with E-state index < -0.39 is 0 Å². The van der Waals surface area contributed by atoms with E-state index in [2.05, 4.69) is 41.0 Å². The van der Waals surface area contributed by atoms with Crippen molar-refractivity contribution in [3.05, 3.63) is 46.9 Å². The van der Waals surface area contributed by atoms with Gasteiger partial charge in [-0.25, -0.2) is 0 Å². The highest BCUT2D eigenvalue weighted by Gasteiger charge is 2.67. The Hall–Kier alpha value is -1.65. The zero-order valence-corrected chi connectivity index (χ0v) is 11.7. The normalized spacial score (nSPS) is 33.9. The summed E-state index contributed by atoms with van der Waals surface area (Å²) >= 11 is 1.91. The standard InChI is InChI=1S/C16H14N2OS/c19-13-5-6-16-11(8-17-13)14(16)18-7-10-9-3-1-2-4-12(9)20-15(10)16/h1-6,11,14,18H,7-8H2,(H,17,19)/t11-,14?,16+/m1/s1. The van der Waals surface area contributed by atoms with Gasteiger partial charge in [0.1, 0.15) is 0 Å². The second-order valence-electron chi connectivity index (χ2n) is 5.88. The fourth-order valence-corrected chi connectivity index (χ4v) is 5.51. The van der Waals surface area contributed by atoms with Crippen molar-refractivity contribution < 1.29 is 4.79 Å². The van der Waals surface area contributed by atoms with Crippen LogP contribution in [0.15, 0.2) is 36.4 Å². The molecule has 1 unspecified atom stereocenters. The molecule has 0 bridgehead atoms. The lowest BCUT2D eigenvalue weighted by molar-refractivity contribution is -0.116. The number of carbonyl (C=O) groups is 1. The Bertz CT molecular complexity index is 778. The van der Waals surface area contributed by atoms with Crippen molar-refractivity contribution in [3.63, 3.8) is 0 Å². The lowest BCUT2D eigenvalue weighted by Gasteiger charge is -2.20. The van der Waals surface area contributed by atoms with Gasteiger partial charge in [-0.2, -0.15) is 0 Å². The first-order chi connectivity index (χ1) is 9.80. The lowest BCUT2D eigenvalue weighted by atomic mass is 9.93. The zero-order chi connectivity index (χ0) is 13.3. The zero-order valence-electron chi connectivity index (χ0n) is 10.8. The molecule has 5 rings (SSSR count). The van der Waals surface area contributed by atoms with Gasteiger partial charge in [0.05, 0.1) is 0 Å². The maximum absolute atomic E-state index is 11.6. The maximum atomic E-state index is 11.6. The molecule has 20 heavy (non-hydrogen) atoms. The van der Waals surface area contributed by atoms with E-state index in [4.69, 9.17) is 0 Å². The Morgan fingerprint density at radius 3 is 3.15 bits per heavy atom. The summed E-state index contributed by atoms with van der Waals surface area (Å²) in [5, 5.41) is 8.03. The van der Waals surface area contributed by atoms with Crippen molar-refractivity contribution in [1.29, 1.82) is 0 Å². The molecule has 3 heterocycles. The second kappa shape index (κ2) is 3.51. The van der Waals surface area contributed by atoms with E-state index >= 15 is 0 Å². The van der Waals surface area contributed by atoms with Gasteiger partial charge < -0.3 is 10.6 Å². The molecule has 0 radical (unpaired) electrons. The van der Waals surface area contributed by atoms with E-state index in [-0.39, 0.29) is 11.3 Å². The second-order valence-corrected chi connectivity index (χ2v) is 6.93. The molecule has 1 aliphatic carbocycles. The fraction of sp³-hybridized carbons (Fsp3) is 0.312. The van der Waals surface area contributed by atoms with Crippen LogP contribution in [0.5, 0.6) is 0 Å². The minimum absolute atomic E-state index is 0.0403. The van der Waals surface area contributed by atoms with Crippen molar-refractivity contribution >= 4 is 27.3 Å². The van der Waals surface area contributed by atoms with Crippen LogP contribution >= 0.6 is 11.3 Å². The minimum atomic E-state index is 0.0403. The third kappa shape index (κ3) is 1.17. The van der Waals surface area contributed by atoms with E-state index in [1.165, 1.54) is 20.5 Å². The highest BCUT2D eigenvalue weighted by Crippen LogP contribution is 2.61. The number of hydrogen-bond donors (Lipinski definition) is 2. The number of benzene rings is 1. The first-order valence-electron chi connectivity index (χ1n) is 7.02. The quantitative estimate of drug-likeness (QED) is 0.775. The van der Waals surface area contributed by atoms with Gasteiger partial charge in [0.25, 0.3) is 0 Å². The summed E-state index contributed by atoms with van der Waals surface area (Å²) in [5.41, 5.74) is 1.49. The number of thiophene rings is 1. The predicted molar refractivity (Wildman–Crippen MR) is 79.8 cm³/mol. The molecule has 1 aromatic carbocycles. The predicted octanol–water partition coefficient (Wildman–Crippen LogP) is 1.93. The molecule has 2 N–H and O–H groups in total. The monoisotopic (exact) mass is 282 g/mol. The largest absolute Gasteiger partial charge is 0.352 e. The minimum Gasteiger partial charge on any atom is -0.352 e. The number of rotatable bonds is 0. The van der Waals surface area contributed by atoms with Crippen LogP contribution in [-0.2, 0) is 16.8 Å². The first kappa shape index (κ1) is 11.1. The van der Waals surface area contributed by atoms with Crippen LogP contribution < -0.4 is 10.6 Å². The smallest absolute Gasteiger partial charge is 0.243 e. The molecule has 1 saturated carbocycles. The topological polar surface area (TPSA) is 41.1 Å². The first-order valence-corrected chi connectivity index (χ1v) is 7.84. The summed E-state index contributed by atoms with van der Waals surface area (Å²) in [4.78, 5) is 13.1. The van der Waals surface area contributed by atoms with Gasteiger partial charge in [-0.15, -0.1) is 11.3 Å². The Kier molecular flexibility index (Phi) is 1.94. The van der Waals surface area contributed by atoms with Crippen LogP contribution in [0.1, 0.15) is 10.4 Å². The molecule has 3 atom stereocenters. The Balaban J connectivity index is 1.77. The van der Waals surface area contributed by atoms with Crippen molar-refractivity contribution in [3.8, 4) is 0 Å². The van der Waals surface area contributed by atoms with E-state index in [1.807, 2.05) is 11.3 Å². The van der Waals surface area contributed by atoms with Gasteiger partial charge in [0.2, 0.25) is 5.91 Å². The van der Waals surface area contributed by atoms with Gasteiger partial charge in [-0.3, -0.25) is 4.79 Å². The Labute approximate surface area is 120 Å². The molecule has 2 aliphatic heterocycles. The molecule has 3 aliphatic rings. The van der Waals surface area contributed by atoms with E-state index in [9.17, 15) is 4.79 Å². The molecule has 1 spiro atoms. The summed E-state index contributed by atoms with van der Waals surface area (Å²) in [6, 6.07) is 9.11. The molecule has 100 valence electrons. The van der Waals surface area contributed by atoms with Crippen LogP contribution in [0.3, 0.4) is 0 Å². The molecule has 1 amide bonds. The number of fused-ring (bicyclic) bond motifs is 4. The molecular formula is C16H14N2OS. The highest BCUT2D eigenvalue weighted by molar-refractivity contribution is 7.19. The third-order valence-electron chi connectivity index (χ3n) is 5.02. The van der Waals surface area contributed by atoms with Crippen LogP contribution in [-0.4, -0.2) is 18.5 Å². The van der Waals surface area contributed by atoms with E-state index in [0.717, 1.165) is 13.1 Å². The number of amides is 1. The summed E-state index contributed by atoms with van der Waals surface area (Å²) in [6.07, 6.45) is 3.87. The fourth-order valence-electron chi connectivity index (χ4n) is 4.01. The SMILES string of the molecule is O=C1C=C[C@@]23c4sc5ccccc5c4CNC2[C@H]3CN1. The summed E-state index contributed by atoms with van der Waals surface area (Å²) in [7, 11) is 0. The van der Waals surface area contributed by atoms with Gasteiger partial charge in [-0.1, -0.05) is 24.3 Å². The molecule has 2 aromatic rings. The van der Waals surface area contributed by atoms with E-state index in [1.54, 1.807) is 6.08 Å². The summed E-state index contributed by atoms with van der Waals surface area (Å²) in [5.74, 6) is 0.540. The van der Waals surface area contributed by atoms with Crippen LogP contribution in [0.2, 0.25) is 0 Å². The van der Waals surface area contributed by atoms with Crippen molar-refractivity contribution in [1.82, 2.24) is 10.6 Å². The third-order valence-corrected chi connectivity index (χ3v) is 6.40. The molecule has 0 saturated heterocycles. The van der Waals surface area contributed by atoms with E-state index in [0.29, 0.717) is 12.0 Å². The Morgan fingerprint density at radius 1 is 1.30 bits per heavy atom. The number of carbonyl (C=O) groups excluding carboxylic acids is 1. The van der Waals surface area contributed by atoms with Gasteiger partial charge >= 0.3 is 0 Å². The molecule has 1 aromatic heterocycles. The summed E-state index contributed by atoms with van der Waals surface area (Å²) in [6.45, 7) is 1.72. The summed E-state index contributed by atoms with van der Waals surface area (Å²) < 4.78 is 1.36. The Morgan fingerprint density at radius 2 is 2.20 bits per heavy atom. The van der Waals surface area contributed by atoms with Crippen molar-refractivity contribution in [2.24, 2.45) is 5.92 Å². The average molecular weight is 282 g/mol. The van der Waals surface area contributed by atoms with Crippen molar-refractivity contribution in [2.75, 3.05) is 6.54 Å². The lowest BCUT2D eigenvalue weighted by Crippen LogP contribution is -2.30. The average Bonchev–Trinajstić information content (AvgIpc) is 3.01. The van der Waals surface area contributed by atoms with Crippen LogP contribution in [0.25, 0.3) is 10.1 Å². The van der Waals surface area contributed by atoms with Gasteiger partial charge in [0, 0.05) is 40.0 Å². The molecule has 3 nitrogen and oxygen atoms in total. The highest BCUT2D eigenvalue weighted by atomic mass is 32.1. The van der Waals surface area contributed by atoms with Gasteiger partial charge in [0.15, 0.2) is 0 Å². The van der Waals surface area contributed by atoms with Crippen molar-refractivity contribution in [2.45, 2.75) is 18.0 Å². The maximum Gasteiger partial charge on any atom is 0.243 e. The molecule has 4 heteroatoms. The van der Waals surface area contributed by atoms with Crippen LogP contribution in [0.4, 0.5) is 0 Å². The number of hydrogen-bond acceptors (Lipinski definition) is 3. The molecular weight excluding hydrogens is 268 g/mol. The van der Waals surface area contributed by atoms with Gasteiger partial charge in [-0.05, 0) is 23.1 Å². The molecule has 1 fully saturated rings. The number of nitrogens with one attached hydrogen (secondary N) is 2. The van der Waals surface area contributed by atoms with Crippen LogP contribution in [0, 0.1) is 5.92 Å².